The summed E-state index contributed by atoms with van der Waals surface area (Å²) >= 11 is 0. The summed E-state index contributed by atoms with van der Waals surface area (Å²) in [5, 5.41) is 2.87. The van der Waals surface area contributed by atoms with Crippen LogP contribution in [0, 0.1) is 19.7 Å². The topological polar surface area (TPSA) is 124 Å². The Bertz CT molecular complexity index is 1800. The quantitative estimate of drug-likeness (QED) is 0.252. The van der Waals surface area contributed by atoms with Crippen LogP contribution in [0.2, 0.25) is 0 Å². The van der Waals surface area contributed by atoms with Gasteiger partial charge in [-0.1, -0.05) is 12.6 Å². The molecule has 0 saturated carbocycles. The highest BCUT2D eigenvalue weighted by Crippen LogP contribution is 2.39. The molecule has 2 aromatic carbocycles. The molecule has 1 amide bonds. The largest absolute Gasteiger partial charge is 0.421 e. The van der Waals surface area contributed by atoms with Gasteiger partial charge in [-0.3, -0.25) is 4.79 Å². The second-order valence-corrected chi connectivity index (χ2v) is 9.77. The van der Waals surface area contributed by atoms with E-state index in [1.54, 1.807) is 25.3 Å². The molecule has 3 heterocycles. The number of hydrogen-bond donors (Lipinski definition) is 2. The molecule has 10 nitrogen and oxygen atoms in total. The number of nitrogens with one attached hydrogen (secondary N) is 1. The van der Waals surface area contributed by atoms with E-state index in [1.165, 1.54) is 24.5 Å². The summed E-state index contributed by atoms with van der Waals surface area (Å²) in [5.41, 5.74) is 12.7. The lowest BCUT2D eigenvalue weighted by Gasteiger charge is -2.18. The van der Waals surface area contributed by atoms with Crippen LogP contribution in [-0.2, 0) is 11.3 Å². The van der Waals surface area contributed by atoms with Crippen LogP contribution in [0.1, 0.15) is 16.8 Å². The zero-order valence-electron chi connectivity index (χ0n) is 23.1. The van der Waals surface area contributed by atoms with Crippen LogP contribution in [0.25, 0.3) is 28.0 Å². The lowest BCUT2D eigenvalue weighted by atomic mass is 10.0. The third-order valence-electron chi connectivity index (χ3n) is 6.46. The summed E-state index contributed by atoms with van der Waals surface area (Å²) in [5.74, 6) is -0.681. The molecule has 3 N–H and O–H groups in total. The van der Waals surface area contributed by atoms with Crippen molar-refractivity contribution in [3.63, 3.8) is 0 Å². The standard InChI is InChI=1S/C30H29FN8O2/c1-6-25(40)37-23-9-7-19(13-20(23)15-38(4)5)27-18(3)26-28(29(32)35-16-34-26)39(27)21-8-10-24(22(31)14-21)41-30-33-12-11-17(2)36-30/h6-14,16H,1,15H2,2-5H3,(H,37,40)(H2,32,34,35). The van der Waals surface area contributed by atoms with Gasteiger partial charge in [0.1, 0.15) is 11.8 Å². The second-order valence-electron chi connectivity index (χ2n) is 9.77. The van der Waals surface area contributed by atoms with E-state index >= 15 is 4.39 Å². The third kappa shape index (κ3) is 5.48. The maximum absolute atomic E-state index is 15.5. The predicted octanol–water partition coefficient (Wildman–Crippen LogP) is 5.19. The molecule has 0 bridgehead atoms. The number of anilines is 2. The van der Waals surface area contributed by atoms with E-state index in [4.69, 9.17) is 10.5 Å². The lowest BCUT2D eigenvalue weighted by Crippen LogP contribution is -2.15. The van der Waals surface area contributed by atoms with Crippen LogP contribution in [0.15, 0.2) is 67.6 Å². The SMILES string of the molecule is C=CC(=O)Nc1ccc(-c2c(C)c3ncnc(N)c3n2-c2ccc(Oc3nccc(C)n3)c(F)c2)cc1CN(C)C. The van der Waals surface area contributed by atoms with E-state index in [1.807, 2.05) is 48.7 Å². The van der Waals surface area contributed by atoms with Gasteiger partial charge in [-0.25, -0.2) is 24.3 Å². The smallest absolute Gasteiger partial charge is 0.322 e. The molecular weight excluding hydrogens is 523 g/mol. The zero-order valence-corrected chi connectivity index (χ0v) is 23.1. The van der Waals surface area contributed by atoms with Crippen LogP contribution >= 0.6 is 0 Å². The van der Waals surface area contributed by atoms with Gasteiger partial charge < -0.3 is 25.3 Å². The van der Waals surface area contributed by atoms with Crippen LogP contribution in [0.4, 0.5) is 15.9 Å². The number of aromatic nitrogens is 5. The van der Waals surface area contributed by atoms with Gasteiger partial charge in [0.15, 0.2) is 17.4 Å². The van der Waals surface area contributed by atoms with E-state index in [2.05, 4.69) is 31.8 Å². The summed E-state index contributed by atoms with van der Waals surface area (Å²) < 4.78 is 22.9. The maximum Gasteiger partial charge on any atom is 0.322 e. The van der Waals surface area contributed by atoms with Crippen LogP contribution < -0.4 is 15.8 Å². The number of carbonyl (C=O) groups is 1. The number of amides is 1. The van der Waals surface area contributed by atoms with Crippen molar-refractivity contribution < 1.29 is 13.9 Å². The third-order valence-corrected chi connectivity index (χ3v) is 6.46. The van der Waals surface area contributed by atoms with Crippen molar-refractivity contribution in [1.29, 1.82) is 0 Å². The van der Waals surface area contributed by atoms with Crippen molar-refractivity contribution in [2.75, 3.05) is 25.1 Å². The Morgan fingerprint density at radius 1 is 1.15 bits per heavy atom. The molecule has 0 fully saturated rings. The van der Waals surface area contributed by atoms with E-state index in [9.17, 15) is 4.79 Å². The number of nitrogen functional groups attached to an aromatic ring is 1. The fourth-order valence-corrected chi connectivity index (χ4v) is 4.69. The van der Waals surface area contributed by atoms with Gasteiger partial charge in [-0.05, 0) is 75.5 Å². The summed E-state index contributed by atoms with van der Waals surface area (Å²) in [7, 11) is 3.89. The highest BCUT2D eigenvalue weighted by molar-refractivity contribution is 6.00. The van der Waals surface area contributed by atoms with Gasteiger partial charge in [-0.2, -0.15) is 0 Å². The Balaban J connectivity index is 1.68. The highest BCUT2D eigenvalue weighted by atomic mass is 19.1. The fourth-order valence-electron chi connectivity index (χ4n) is 4.69. The summed E-state index contributed by atoms with van der Waals surface area (Å²) in [4.78, 5) is 31.0. The second kappa shape index (κ2) is 11.1. The van der Waals surface area contributed by atoms with Gasteiger partial charge in [-0.15, -0.1) is 0 Å². The Hall–Kier alpha value is -5.16. The average molecular weight is 553 g/mol. The van der Waals surface area contributed by atoms with E-state index in [0.717, 1.165) is 22.4 Å². The van der Waals surface area contributed by atoms with Crippen LogP contribution in [-0.4, -0.2) is 49.4 Å². The number of rotatable bonds is 8. The normalized spacial score (nSPS) is 11.2. The Morgan fingerprint density at radius 3 is 2.66 bits per heavy atom. The molecule has 0 aliphatic rings. The monoisotopic (exact) mass is 552 g/mol. The Kier molecular flexibility index (Phi) is 7.45. The first-order valence-corrected chi connectivity index (χ1v) is 12.8. The highest BCUT2D eigenvalue weighted by Gasteiger charge is 2.23. The van der Waals surface area contributed by atoms with E-state index in [0.29, 0.717) is 34.6 Å². The molecule has 5 rings (SSSR count). The molecule has 0 saturated heterocycles. The first-order valence-electron chi connectivity index (χ1n) is 12.8. The summed E-state index contributed by atoms with van der Waals surface area (Å²) in [6.07, 6.45) is 4.18. The van der Waals surface area contributed by atoms with Crippen molar-refractivity contribution in [3.8, 4) is 28.7 Å². The molecular formula is C30H29FN8O2. The number of aryl methyl sites for hydroxylation is 2. The lowest BCUT2D eigenvalue weighted by molar-refractivity contribution is -0.111. The minimum absolute atomic E-state index is 0.0195. The van der Waals surface area contributed by atoms with Gasteiger partial charge in [0.2, 0.25) is 5.91 Å². The molecule has 41 heavy (non-hydrogen) atoms. The van der Waals surface area contributed by atoms with Gasteiger partial charge >= 0.3 is 6.01 Å². The predicted molar refractivity (Wildman–Crippen MR) is 156 cm³/mol. The number of ether oxygens (including phenoxy) is 1. The van der Waals surface area contributed by atoms with E-state index < -0.39 is 5.82 Å². The number of fused-ring (bicyclic) bond motifs is 1. The number of nitrogens with zero attached hydrogens (tertiary/aromatic N) is 6. The van der Waals surface area contributed by atoms with Crippen molar-refractivity contribution in [1.82, 2.24) is 29.4 Å². The van der Waals surface area contributed by atoms with Gasteiger partial charge in [0.25, 0.3) is 0 Å². The fraction of sp³-hybridized carbons (Fsp3) is 0.167. The molecule has 208 valence electrons. The first-order chi connectivity index (χ1) is 19.7. The van der Waals surface area contributed by atoms with Gasteiger partial charge in [0.05, 0.1) is 11.2 Å². The summed E-state index contributed by atoms with van der Waals surface area (Å²) in [6.45, 7) is 7.83. The van der Waals surface area contributed by atoms with Crippen LogP contribution in [0.5, 0.6) is 11.8 Å². The Morgan fingerprint density at radius 2 is 1.95 bits per heavy atom. The average Bonchev–Trinajstić information content (AvgIpc) is 3.24. The molecule has 0 aliphatic carbocycles. The molecule has 0 aliphatic heterocycles. The van der Waals surface area contributed by atoms with Crippen molar-refractivity contribution >= 4 is 28.4 Å². The number of nitrogens with two attached hydrogens (primary N) is 1. The number of hydrogen-bond acceptors (Lipinski definition) is 8. The minimum Gasteiger partial charge on any atom is -0.421 e. The van der Waals surface area contributed by atoms with Crippen molar-refractivity contribution in [3.05, 3.63) is 90.3 Å². The minimum atomic E-state index is -0.607. The molecule has 3 aromatic heterocycles. The van der Waals surface area contributed by atoms with Crippen molar-refractivity contribution in [2.24, 2.45) is 0 Å². The first kappa shape index (κ1) is 27.4. The number of halogens is 1. The molecule has 11 heteroatoms. The van der Waals surface area contributed by atoms with Crippen molar-refractivity contribution in [2.45, 2.75) is 20.4 Å². The van der Waals surface area contributed by atoms with E-state index in [-0.39, 0.29) is 23.5 Å². The molecule has 0 unspecified atom stereocenters. The molecule has 0 atom stereocenters. The molecule has 0 spiro atoms. The maximum atomic E-state index is 15.5. The zero-order chi connectivity index (χ0) is 29.3. The molecule has 0 radical (unpaired) electrons. The number of benzene rings is 2. The van der Waals surface area contributed by atoms with Gasteiger partial charge in [0, 0.05) is 41.4 Å². The number of carbonyl (C=O) groups excluding carboxylic acids is 1. The van der Waals surface area contributed by atoms with Crippen LogP contribution in [0.3, 0.4) is 0 Å². The summed E-state index contributed by atoms with van der Waals surface area (Å²) in [6, 6.07) is 12.1. The molecule has 5 aromatic rings. The Labute approximate surface area is 236 Å².